The van der Waals surface area contributed by atoms with E-state index < -0.39 is 0 Å². The van der Waals surface area contributed by atoms with Crippen LogP contribution in [0.4, 0.5) is 0 Å². The van der Waals surface area contributed by atoms with Crippen molar-refractivity contribution in [3.05, 3.63) is 188 Å². The molecule has 11 aromatic rings. The average Bonchev–Trinajstić information content (AvgIpc) is 3.65. The smallest absolute Gasteiger partial charge is 0.164 e. The van der Waals surface area contributed by atoms with Crippen molar-refractivity contribution in [2.24, 2.45) is 0 Å². The van der Waals surface area contributed by atoms with Crippen molar-refractivity contribution >= 4 is 63.8 Å². The molecule has 3 nitrogen and oxygen atoms in total. The van der Waals surface area contributed by atoms with Crippen LogP contribution in [0.25, 0.3) is 109 Å². The lowest BCUT2D eigenvalue weighted by Crippen LogP contribution is -2.00. The van der Waals surface area contributed by atoms with Crippen molar-refractivity contribution in [3.8, 4) is 56.4 Å². The fourth-order valence-corrected chi connectivity index (χ4v) is 9.15. The summed E-state index contributed by atoms with van der Waals surface area (Å²) in [5, 5.41) is 10.2. The van der Waals surface area contributed by atoms with Gasteiger partial charge in [-0.15, -0.1) is 11.3 Å². The van der Waals surface area contributed by atoms with E-state index in [1.165, 1.54) is 63.6 Å². The predicted octanol–water partition coefficient (Wildman–Crippen LogP) is 14.0. The highest BCUT2D eigenvalue weighted by atomic mass is 32.1. The van der Waals surface area contributed by atoms with Gasteiger partial charge in [-0.3, -0.25) is 0 Å². The molecular formula is C51H31N3S. The molecule has 2 aromatic heterocycles. The molecule has 0 atom stereocenters. The van der Waals surface area contributed by atoms with Crippen LogP contribution in [0.1, 0.15) is 0 Å². The van der Waals surface area contributed by atoms with E-state index in [1.807, 2.05) is 72.0 Å². The number of benzene rings is 9. The van der Waals surface area contributed by atoms with E-state index in [1.54, 1.807) is 0 Å². The maximum absolute atomic E-state index is 4.95. The molecule has 0 amide bonds. The van der Waals surface area contributed by atoms with E-state index >= 15 is 0 Å². The molecule has 4 heteroatoms. The van der Waals surface area contributed by atoms with Gasteiger partial charge in [-0.05, 0) is 78.8 Å². The zero-order valence-corrected chi connectivity index (χ0v) is 30.5. The van der Waals surface area contributed by atoms with Crippen LogP contribution in [0, 0.1) is 0 Å². The maximum Gasteiger partial charge on any atom is 0.164 e. The van der Waals surface area contributed by atoms with Crippen LogP contribution in [-0.4, -0.2) is 15.0 Å². The lowest BCUT2D eigenvalue weighted by atomic mass is 9.88. The van der Waals surface area contributed by atoms with Gasteiger partial charge in [0.05, 0.1) is 0 Å². The van der Waals surface area contributed by atoms with Gasteiger partial charge in [-0.2, -0.15) is 0 Å². The van der Waals surface area contributed by atoms with Gasteiger partial charge in [0.2, 0.25) is 0 Å². The molecule has 0 spiro atoms. The molecule has 256 valence electrons. The molecule has 0 aliphatic carbocycles. The Hall–Kier alpha value is -7.01. The second-order valence-corrected chi connectivity index (χ2v) is 15.0. The zero-order valence-electron chi connectivity index (χ0n) is 29.6. The Morgan fingerprint density at radius 3 is 1.44 bits per heavy atom. The van der Waals surface area contributed by atoms with Crippen LogP contribution in [0.5, 0.6) is 0 Å². The van der Waals surface area contributed by atoms with Gasteiger partial charge in [0, 0.05) is 36.9 Å². The first kappa shape index (κ1) is 31.5. The molecule has 0 aliphatic rings. The molecule has 2 heterocycles. The van der Waals surface area contributed by atoms with E-state index in [9.17, 15) is 0 Å². The Balaban J connectivity index is 1.04. The summed E-state index contributed by atoms with van der Waals surface area (Å²) in [6, 6.07) is 67.1. The topological polar surface area (TPSA) is 38.7 Å². The molecule has 0 bridgehead atoms. The van der Waals surface area contributed by atoms with Gasteiger partial charge in [-0.1, -0.05) is 164 Å². The second-order valence-electron chi connectivity index (χ2n) is 14.0. The quantitative estimate of drug-likeness (QED) is 0.166. The highest BCUT2D eigenvalue weighted by Gasteiger charge is 2.16. The number of aromatic nitrogens is 3. The van der Waals surface area contributed by atoms with Crippen molar-refractivity contribution < 1.29 is 0 Å². The molecular weight excluding hydrogens is 687 g/mol. The summed E-state index contributed by atoms with van der Waals surface area (Å²) >= 11 is 1.86. The van der Waals surface area contributed by atoms with Crippen LogP contribution in [0.2, 0.25) is 0 Å². The summed E-state index contributed by atoms with van der Waals surface area (Å²) in [5.41, 5.74) is 7.65. The lowest BCUT2D eigenvalue weighted by molar-refractivity contribution is 1.07. The van der Waals surface area contributed by atoms with Crippen LogP contribution in [0.3, 0.4) is 0 Å². The van der Waals surface area contributed by atoms with E-state index in [-0.39, 0.29) is 0 Å². The molecule has 0 N–H and O–H groups in total. The molecule has 11 rings (SSSR count). The maximum atomic E-state index is 4.95. The summed E-state index contributed by atoms with van der Waals surface area (Å²) in [5.74, 6) is 1.96. The Kier molecular flexibility index (Phi) is 7.35. The summed E-state index contributed by atoms with van der Waals surface area (Å²) in [6.45, 7) is 0. The fraction of sp³-hybridized carbons (Fsp3) is 0. The number of fused-ring (bicyclic) bond motifs is 9. The molecule has 9 aromatic carbocycles. The minimum absolute atomic E-state index is 0.649. The normalized spacial score (nSPS) is 11.6. The van der Waals surface area contributed by atoms with E-state index in [0.717, 1.165) is 27.8 Å². The SMILES string of the molecule is c1ccc(-c2nc(-c3ccccc3)nc(-c3ccc(-c4ccc5c(c4)c4ccccc4c4cccc(-c6ccc7sc8ccccc8c7c6)c45)cc3)n2)cc1. The Morgan fingerprint density at radius 1 is 0.273 bits per heavy atom. The number of thiophene rings is 1. The van der Waals surface area contributed by atoms with Crippen LogP contribution < -0.4 is 0 Å². The first-order valence-electron chi connectivity index (χ1n) is 18.5. The Bertz CT molecular complexity index is 3180. The van der Waals surface area contributed by atoms with Crippen molar-refractivity contribution in [2.75, 3.05) is 0 Å². The predicted molar refractivity (Wildman–Crippen MR) is 232 cm³/mol. The van der Waals surface area contributed by atoms with E-state index in [4.69, 9.17) is 15.0 Å². The number of nitrogens with zero attached hydrogens (tertiary/aromatic N) is 3. The fourth-order valence-electron chi connectivity index (χ4n) is 8.07. The Morgan fingerprint density at radius 2 is 0.745 bits per heavy atom. The van der Waals surface area contributed by atoms with Crippen LogP contribution in [0.15, 0.2) is 188 Å². The van der Waals surface area contributed by atoms with E-state index in [2.05, 4.69) is 127 Å². The minimum atomic E-state index is 0.649. The van der Waals surface area contributed by atoms with Gasteiger partial charge in [0.1, 0.15) is 0 Å². The average molecular weight is 718 g/mol. The van der Waals surface area contributed by atoms with Gasteiger partial charge in [-0.25, -0.2) is 15.0 Å². The highest BCUT2D eigenvalue weighted by molar-refractivity contribution is 7.25. The molecule has 0 unspecified atom stereocenters. The first-order chi connectivity index (χ1) is 27.2. The summed E-state index contributed by atoms with van der Waals surface area (Å²) < 4.78 is 2.65. The second kappa shape index (κ2) is 12.8. The summed E-state index contributed by atoms with van der Waals surface area (Å²) in [6.07, 6.45) is 0. The summed E-state index contributed by atoms with van der Waals surface area (Å²) in [4.78, 5) is 14.8. The first-order valence-corrected chi connectivity index (χ1v) is 19.3. The molecule has 0 fully saturated rings. The third-order valence-electron chi connectivity index (χ3n) is 10.7. The molecule has 0 saturated carbocycles. The number of rotatable bonds is 5. The van der Waals surface area contributed by atoms with Crippen molar-refractivity contribution in [2.45, 2.75) is 0 Å². The minimum Gasteiger partial charge on any atom is -0.208 e. The van der Waals surface area contributed by atoms with Crippen molar-refractivity contribution in [3.63, 3.8) is 0 Å². The molecule has 55 heavy (non-hydrogen) atoms. The third-order valence-corrected chi connectivity index (χ3v) is 11.9. The van der Waals surface area contributed by atoms with Gasteiger partial charge in [0.25, 0.3) is 0 Å². The largest absolute Gasteiger partial charge is 0.208 e. The summed E-state index contributed by atoms with van der Waals surface area (Å²) in [7, 11) is 0. The lowest BCUT2D eigenvalue weighted by Gasteiger charge is -2.16. The molecule has 0 saturated heterocycles. The third kappa shape index (κ3) is 5.38. The van der Waals surface area contributed by atoms with Gasteiger partial charge < -0.3 is 0 Å². The number of hydrogen-bond acceptors (Lipinski definition) is 4. The molecule has 0 radical (unpaired) electrons. The standard InChI is InChI=1S/C51H31N3S/c1-3-12-33(13-4-1)49-52-50(34-14-5-2-6-15-34)54-51(53-49)35-24-22-32(23-25-35)36-26-28-43-44(30-36)40-17-8-7-16-39(40)42-20-11-19-38(48(42)43)37-27-29-47-45(31-37)41-18-9-10-21-46(41)55-47/h1-31H. The Labute approximate surface area is 321 Å². The zero-order chi connectivity index (χ0) is 36.3. The van der Waals surface area contributed by atoms with Gasteiger partial charge >= 0.3 is 0 Å². The number of hydrogen-bond donors (Lipinski definition) is 0. The van der Waals surface area contributed by atoms with Crippen LogP contribution in [-0.2, 0) is 0 Å². The molecule has 0 aliphatic heterocycles. The van der Waals surface area contributed by atoms with Crippen molar-refractivity contribution in [1.29, 1.82) is 0 Å². The van der Waals surface area contributed by atoms with Crippen LogP contribution >= 0.6 is 11.3 Å². The van der Waals surface area contributed by atoms with Gasteiger partial charge in [0.15, 0.2) is 17.5 Å². The van der Waals surface area contributed by atoms with Crippen molar-refractivity contribution in [1.82, 2.24) is 15.0 Å². The highest BCUT2D eigenvalue weighted by Crippen LogP contribution is 2.43. The van der Waals surface area contributed by atoms with E-state index in [0.29, 0.717) is 17.5 Å². The monoisotopic (exact) mass is 717 g/mol.